The van der Waals surface area contributed by atoms with Gasteiger partial charge in [-0.1, -0.05) is 41.6 Å². The Morgan fingerprint density at radius 1 is 1.09 bits per heavy atom. The van der Waals surface area contributed by atoms with Crippen LogP contribution in [0.25, 0.3) is 16.9 Å². The van der Waals surface area contributed by atoms with Crippen LogP contribution in [0.5, 0.6) is 0 Å². The fourth-order valence-corrected chi connectivity index (χ4v) is 4.16. The number of nitrogens with one attached hydrogen (secondary N) is 1. The van der Waals surface area contributed by atoms with E-state index in [9.17, 15) is 14.9 Å². The second-order valence-corrected chi connectivity index (χ2v) is 8.33. The van der Waals surface area contributed by atoms with Gasteiger partial charge in [-0.05, 0) is 44.0 Å². The van der Waals surface area contributed by atoms with E-state index in [1.54, 1.807) is 24.3 Å². The molecule has 10 heteroatoms. The van der Waals surface area contributed by atoms with E-state index in [4.69, 9.17) is 0 Å². The quantitative estimate of drug-likeness (QED) is 0.265. The fraction of sp³-hybridized carbons (Fsp3) is 0.182. The van der Waals surface area contributed by atoms with Crippen molar-refractivity contribution < 1.29 is 9.72 Å². The van der Waals surface area contributed by atoms with Crippen LogP contribution in [0.15, 0.2) is 53.7 Å². The molecule has 0 unspecified atom stereocenters. The fourth-order valence-electron chi connectivity index (χ4n) is 3.47. The molecule has 0 bridgehead atoms. The maximum Gasteiger partial charge on any atom is 0.270 e. The van der Waals surface area contributed by atoms with Crippen LogP contribution in [0.3, 0.4) is 0 Å². The van der Waals surface area contributed by atoms with Gasteiger partial charge in [-0.15, -0.1) is 10.2 Å². The highest BCUT2D eigenvalue weighted by Crippen LogP contribution is 2.25. The zero-order valence-electron chi connectivity index (χ0n) is 17.7. The van der Waals surface area contributed by atoms with Crippen molar-refractivity contribution in [1.82, 2.24) is 19.8 Å². The highest BCUT2D eigenvalue weighted by Gasteiger charge is 2.14. The molecule has 9 nitrogen and oxygen atoms in total. The SMILES string of the molecule is Cc1cc(C)c(NC(=O)CSc2nnc3ccc(-c4cccc([N+](=O)[O-])c4)nn23)c(C)c1. The summed E-state index contributed by atoms with van der Waals surface area (Å²) in [5.74, 6) is -0.0207. The van der Waals surface area contributed by atoms with Crippen molar-refractivity contribution in [2.24, 2.45) is 0 Å². The topological polar surface area (TPSA) is 115 Å². The van der Waals surface area contributed by atoms with E-state index < -0.39 is 4.92 Å². The second kappa shape index (κ2) is 8.75. The van der Waals surface area contributed by atoms with Crippen LogP contribution >= 0.6 is 11.8 Å². The van der Waals surface area contributed by atoms with Crippen LogP contribution in [0.1, 0.15) is 16.7 Å². The first kappa shape index (κ1) is 21.4. The van der Waals surface area contributed by atoms with Gasteiger partial charge in [0.25, 0.3) is 5.69 Å². The lowest BCUT2D eigenvalue weighted by atomic mass is 10.1. The van der Waals surface area contributed by atoms with Crippen molar-refractivity contribution in [2.45, 2.75) is 25.9 Å². The summed E-state index contributed by atoms with van der Waals surface area (Å²) >= 11 is 1.22. The standard InChI is InChI=1S/C22H20N6O3S/c1-13-9-14(2)21(15(3)10-13)23-20(29)12-32-22-25-24-19-8-7-18(26-27(19)22)16-5-4-6-17(11-16)28(30)31/h4-11H,12H2,1-3H3,(H,23,29). The second-order valence-electron chi connectivity index (χ2n) is 7.39. The summed E-state index contributed by atoms with van der Waals surface area (Å²) < 4.78 is 1.54. The van der Waals surface area contributed by atoms with Crippen molar-refractivity contribution in [2.75, 3.05) is 11.1 Å². The number of carbonyl (C=O) groups is 1. The molecule has 0 aliphatic carbocycles. The van der Waals surface area contributed by atoms with Gasteiger partial charge in [0, 0.05) is 23.4 Å². The number of nitro benzene ring substituents is 1. The zero-order valence-corrected chi connectivity index (χ0v) is 18.5. The Bertz CT molecular complexity index is 1330. The van der Waals surface area contributed by atoms with Crippen molar-refractivity contribution in [3.8, 4) is 11.3 Å². The molecule has 1 amide bonds. The summed E-state index contributed by atoms with van der Waals surface area (Å²) in [5.41, 5.74) is 5.64. The van der Waals surface area contributed by atoms with Gasteiger partial charge in [0.05, 0.1) is 16.4 Å². The predicted molar refractivity (Wildman–Crippen MR) is 123 cm³/mol. The highest BCUT2D eigenvalue weighted by atomic mass is 32.2. The first-order chi connectivity index (χ1) is 15.3. The molecule has 2 aromatic carbocycles. The molecular formula is C22H20N6O3S. The molecule has 0 atom stereocenters. The number of nitro groups is 1. The number of hydrogen-bond acceptors (Lipinski definition) is 7. The number of hydrogen-bond donors (Lipinski definition) is 1. The molecule has 1 N–H and O–H groups in total. The van der Waals surface area contributed by atoms with Crippen molar-refractivity contribution in [1.29, 1.82) is 0 Å². The van der Waals surface area contributed by atoms with Crippen molar-refractivity contribution in [3.05, 3.63) is 75.3 Å². The first-order valence-corrected chi connectivity index (χ1v) is 10.8. The van der Waals surface area contributed by atoms with E-state index in [-0.39, 0.29) is 17.3 Å². The van der Waals surface area contributed by atoms with E-state index in [0.717, 1.165) is 22.4 Å². The molecule has 2 aromatic heterocycles. The number of aromatic nitrogens is 4. The number of thioether (sulfide) groups is 1. The predicted octanol–water partition coefficient (Wildman–Crippen LogP) is 4.36. The Morgan fingerprint density at radius 3 is 2.56 bits per heavy atom. The van der Waals surface area contributed by atoms with Crippen LogP contribution in [0.4, 0.5) is 11.4 Å². The monoisotopic (exact) mass is 448 g/mol. The maximum absolute atomic E-state index is 12.5. The minimum absolute atomic E-state index is 0.0129. The summed E-state index contributed by atoms with van der Waals surface area (Å²) in [6.45, 7) is 5.95. The highest BCUT2D eigenvalue weighted by molar-refractivity contribution is 7.99. The Labute approximate surface area is 188 Å². The Kier molecular flexibility index (Phi) is 5.87. The van der Waals surface area contributed by atoms with E-state index in [0.29, 0.717) is 22.1 Å². The van der Waals surface area contributed by atoms with Gasteiger partial charge >= 0.3 is 0 Å². The largest absolute Gasteiger partial charge is 0.325 e. The molecule has 0 aliphatic heterocycles. The molecule has 0 fully saturated rings. The van der Waals surface area contributed by atoms with Crippen molar-refractivity contribution in [3.63, 3.8) is 0 Å². The molecule has 162 valence electrons. The van der Waals surface area contributed by atoms with Crippen LogP contribution in [-0.4, -0.2) is 36.4 Å². The molecule has 0 saturated carbocycles. The number of non-ortho nitro benzene ring substituents is 1. The molecule has 2 heterocycles. The smallest absolute Gasteiger partial charge is 0.270 e. The summed E-state index contributed by atoms with van der Waals surface area (Å²) in [5, 5.41) is 27.2. The molecule has 4 aromatic rings. The van der Waals surface area contributed by atoms with Gasteiger partial charge in [0.15, 0.2) is 5.65 Å². The van der Waals surface area contributed by atoms with Crippen LogP contribution in [0, 0.1) is 30.9 Å². The molecular weight excluding hydrogens is 428 g/mol. The number of rotatable bonds is 6. The molecule has 0 spiro atoms. The van der Waals surface area contributed by atoms with Crippen molar-refractivity contribution >= 4 is 34.7 Å². The van der Waals surface area contributed by atoms with Gasteiger partial charge < -0.3 is 5.32 Å². The summed E-state index contributed by atoms with van der Waals surface area (Å²) in [4.78, 5) is 23.2. The number of nitrogens with zero attached hydrogens (tertiary/aromatic N) is 5. The molecule has 0 radical (unpaired) electrons. The third-order valence-corrected chi connectivity index (χ3v) is 5.78. The Morgan fingerprint density at radius 2 is 1.84 bits per heavy atom. The average Bonchev–Trinajstić information content (AvgIpc) is 3.17. The van der Waals surface area contributed by atoms with Gasteiger partial charge in [-0.2, -0.15) is 9.61 Å². The number of fused-ring (bicyclic) bond motifs is 1. The summed E-state index contributed by atoms with van der Waals surface area (Å²) in [7, 11) is 0. The van der Waals surface area contributed by atoms with Gasteiger partial charge in [0.1, 0.15) is 0 Å². The number of carbonyl (C=O) groups excluding carboxylic acids is 1. The van der Waals surface area contributed by atoms with E-state index in [1.807, 2.05) is 32.9 Å². The first-order valence-electron chi connectivity index (χ1n) is 9.79. The number of aryl methyl sites for hydroxylation is 3. The molecule has 0 aliphatic rings. The molecule has 32 heavy (non-hydrogen) atoms. The average molecular weight is 449 g/mol. The minimum Gasteiger partial charge on any atom is -0.325 e. The maximum atomic E-state index is 12.5. The third kappa shape index (κ3) is 4.45. The van der Waals surface area contributed by atoms with E-state index >= 15 is 0 Å². The zero-order chi connectivity index (χ0) is 22.8. The Balaban J connectivity index is 1.53. The van der Waals surface area contributed by atoms with E-state index in [1.165, 1.54) is 28.4 Å². The molecule has 0 saturated heterocycles. The lowest BCUT2D eigenvalue weighted by Gasteiger charge is -2.12. The lowest BCUT2D eigenvalue weighted by molar-refractivity contribution is -0.384. The van der Waals surface area contributed by atoms with Gasteiger partial charge in [0.2, 0.25) is 11.1 Å². The van der Waals surface area contributed by atoms with E-state index in [2.05, 4.69) is 20.6 Å². The van der Waals surface area contributed by atoms with Crippen LogP contribution in [0.2, 0.25) is 0 Å². The van der Waals surface area contributed by atoms with Gasteiger partial charge in [-0.3, -0.25) is 14.9 Å². The number of amides is 1. The minimum atomic E-state index is -0.446. The summed E-state index contributed by atoms with van der Waals surface area (Å²) in [6, 6.07) is 13.8. The van der Waals surface area contributed by atoms with Gasteiger partial charge in [-0.25, -0.2) is 0 Å². The number of anilines is 1. The third-order valence-electron chi connectivity index (χ3n) is 4.86. The lowest BCUT2D eigenvalue weighted by Crippen LogP contribution is -2.16. The number of benzene rings is 2. The normalized spacial score (nSPS) is 11.0. The molecule has 4 rings (SSSR count). The van der Waals surface area contributed by atoms with Crippen LogP contribution in [-0.2, 0) is 4.79 Å². The van der Waals surface area contributed by atoms with Crippen LogP contribution < -0.4 is 5.32 Å². The summed E-state index contributed by atoms with van der Waals surface area (Å²) in [6.07, 6.45) is 0. The Hall–Kier alpha value is -3.79.